The molecule has 0 aliphatic carbocycles. The van der Waals surface area contributed by atoms with Crippen LogP contribution in [0, 0.1) is 0 Å². The summed E-state index contributed by atoms with van der Waals surface area (Å²) in [6.07, 6.45) is 42.9. The van der Waals surface area contributed by atoms with Gasteiger partial charge in [0.15, 0.2) is 0 Å². The molecule has 248 valence electrons. The van der Waals surface area contributed by atoms with Crippen molar-refractivity contribution < 1.29 is 14.3 Å². The first-order valence-corrected chi connectivity index (χ1v) is 18.6. The van der Waals surface area contributed by atoms with E-state index >= 15 is 0 Å². The molecule has 0 spiro atoms. The van der Waals surface area contributed by atoms with Crippen LogP contribution in [0.4, 0.5) is 4.79 Å². The van der Waals surface area contributed by atoms with Gasteiger partial charge < -0.3 is 15.6 Å². The Hall–Kier alpha value is -0.770. The number of unbranched alkanes of at least 4 members (excludes halogenated alkanes) is 30. The second-order valence-electron chi connectivity index (χ2n) is 12.6. The highest BCUT2D eigenvalue weighted by Crippen LogP contribution is 2.15. The molecule has 0 saturated heterocycles. The fourth-order valence-electron chi connectivity index (χ4n) is 5.65. The third-order valence-corrected chi connectivity index (χ3v) is 8.44. The van der Waals surface area contributed by atoms with Crippen molar-refractivity contribution >= 4 is 6.16 Å². The summed E-state index contributed by atoms with van der Waals surface area (Å²) >= 11 is 0. The van der Waals surface area contributed by atoms with E-state index in [-0.39, 0.29) is 6.15 Å². The second kappa shape index (κ2) is 39.2. The highest BCUT2D eigenvalue weighted by atomic mass is 16.7. The van der Waals surface area contributed by atoms with E-state index < -0.39 is 6.16 Å². The minimum atomic E-state index is -0.470. The molecular weight excluding hydrogens is 506 g/mol. The summed E-state index contributed by atoms with van der Waals surface area (Å²) in [5.74, 6) is 0. The molecular formula is C37H77NO3. The maximum absolute atomic E-state index is 11.7. The van der Waals surface area contributed by atoms with E-state index in [9.17, 15) is 4.79 Å². The highest BCUT2D eigenvalue weighted by Gasteiger charge is 2.03. The molecule has 0 rings (SSSR count). The van der Waals surface area contributed by atoms with Crippen LogP contribution < -0.4 is 6.15 Å². The maximum Gasteiger partial charge on any atom is 0.508 e. The molecule has 0 aromatic carbocycles. The van der Waals surface area contributed by atoms with E-state index in [1.807, 2.05) is 0 Å². The quantitative estimate of drug-likeness (QED) is 0.0604. The van der Waals surface area contributed by atoms with Crippen LogP contribution in [0.25, 0.3) is 0 Å². The summed E-state index contributed by atoms with van der Waals surface area (Å²) in [6.45, 7) is 5.60. The van der Waals surface area contributed by atoms with E-state index in [2.05, 4.69) is 13.8 Å². The molecule has 0 unspecified atom stereocenters. The van der Waals surface area contributed by atoms with Gasteiger partial charge in [0.25, 0.3) is 0 Å². The average molecular weight is 584 g/mol. The Labute approximate surface area is 258 Å². The molecule has 0 atom stereocenters. The third kappa shape index (κ3) is 39.2. The molecule has 4 nitrogen and oxygen atoms in total. The minimum Gasteiger partial charge on any atom is -0.434 e. The molecule has 0 aromatic rings. The number of hydrogen-bond acceptors (Lipinski definition) is 4. The van der Waals surface area contributed by atoms with Gasteiger partial charge in [-0.25, -0.2) is 4.79 Å². The Morgan fingerprint density at radius 2 is 0.488 bits per heavy atom. The first-order valence-electron chi connectivity index (χ1n) is 18.6. The van der Waals surface area contributed by atoms with Crippen LogP contribution in [0.2, 0.25) is 0 Å². The molecule has 4 heteroatoms. The van der Waals surface area contributed by atoms with Crippen LogP contribution in [0.3, 0.4) is 0 Å². The van der Waals surface area contributed by atoms with Gasteiger partial charge >= 0.3 is 6.16 Å². The molecule has 0 radical (unpaired) electrons. The van der Waals surface area contributed by atoms with Gasteiger partial charge in [-0.3, -0.25) is 0 Å². The summed E-state index contributed by atoms with van der Waals surface area (Å²) in [5.41, 5.74) is 0. The predicted octanol–water partition coefficient (Wildman–Crippen LogP) is 13.8. The highest BCUT2D eigenvalue weighted by molar-refractivity contribution is 5.59. The summed E-state index contributed by atoms with van der Waals surface area (Å²) in [5, 5.41) is 0. The van der Waals surface area contributed by atoms with Gasteiger partial charge in [-0.05, 0) is 12.8 Å². The van der Waals surface area contributed by atoms with Crippen LogP contribution in [-0.4, -0.2) is 19.4 Å². The van der Waals surface area contributed by atoms with E-state index in [1.54, 1.807) is 0 Å². The van der Waals surface area contributed by atoms with Crippen molar-refractivity contribution in [3.05, 3.63) is 0 Å². The molecule has 41 heavy (non-hydrogen) atoms. The average Bonchev–Trinajstić information content (AvgIpc) is 2.96. The van der Waals surface area contributed by atoms with Gasteiger partial charge in [0.05, 0.1) is 13.2 Å². The van der Waals surface area contributed by atoms with E-state index in [4.69, 9.17) is 9.47 Å². The fourth-order valence-corrected chi connectivity index (χ4v) is 5.65. The van der Waals surface area contributed by atoms with Crippen LogP contribution in [0.15, 0.2) is 0 Å². The topological polar surface area (TPSA) is 70.5 Å². The fraction of sp³-hybridized carbons (Fsp3) is 0.973. The van der Waals surface area contributed by atoms with Gasteiger partial charge in [-0.2, -0.15) is 0 Å². The molecule has 0 aliphatic heterocycles. The number of carbonyl (C=O) groups is 1. The third-order valence-electron chi connectivity index (χ3n) is 8.44. The zero-order valence-corrected chi connectivity index (χ0v) is 28.5. The lowest BCUT2D eigenvalue weighted by atomic mass is 10.0. The lowest BCUT2D eigenvalue weighted by molar-refractivity contribution is 0.0529. The molecule has 0 aromatic heterocycles. The van der Waals surface area contributed by atoms with Crippen LogP contribution in [0.5, 0.6) is 0 Å². The van der Waals surface area contributed by atoms with Crippen LogP contribution >= 0.6 is 0 Å². The number of rotatable bonds is 34. The first kappa shape index (κ1) is 42.4. The van der Waals surface area contributed by atoms with Crippen molar-refractivity contribution in [1.82, 2.24) is 6.15 Å². The summed E-state index contributed by atoms with van der Waals surface area (Å²) in [4.78, 5) is 11.7. The SMILES string of the molecule is CCCCCCCCCCCCCCCCCCOC(=O)OCCCCCCCCCCCCCCCCCC.N. The second-order valence-corrected chi connectivity index (χ2v) is 12.6. The van der Waals surface area contributed by atoms with Gasteiger partial charge in [0.2, 0.25) is 0 Å². The van der Waals surface area contributed by atoms with Crippen molar-refractivity contribution in [2.75, 3.05) is 13.2 Å². The van der Waals surface area contributed by atoms with Crippen molar-refractivity contribution in [2.24, 2.45) is 0 Å². The lowest BCUT2D eigenvalue weighted by Gasteiger charge is -2.07. The van der Waals surface area contributed by atoms with Crippen molar-refractivity contribution in [1.29, 1.82) is 0 Å². The summed E-state index contributed by atoms with van der Waals surface area (Å²) < 4.78 is 10.5. The maximum atomic E-state index is 11.7. The normalized spacial score (nSPS) is 11.0. The largest absolute Gasteiger partial charge is 0.508 e. The molecule has 0 bridgehead atoms. The Balaban J connectivity index is 0. The van der Waals surface area contributed by atoms with E-state index in [1.165, 1.54) is 180 Å². The smallest absolute Gasteiger partial charge is 0.434 e. The zero-order chi connectivity index (χ0) is 29.0. The number of hydrogen-bond donors (Lipinski definition) is 1. The Kier molecular flexibility index (Phi) is 40.5. The molecule has 3 N–H and O–H groups in total. The molecule has 0 amide bonds. The lowest BCUT2D eigenvalue weighted by Crippen LogP contribution is -2.09. The van der Waals surface area contributed by atoms with Gasteiger partial charge in [0.1, 0.15) is 0 Å². The number of carbonyl (C=O) groups excluding carboxylic acids is 1. The predicted molar refractivity (Wildman–Crippen MR) is 181 cm³/mol. The van der Waals surface area contributed by atoms with E-state index in [0.717, 1.165) is 25.7 Å². The molecule has 0 fully saturated rings. The zero-order valence-electron chi connectivity index (χ0n) is 28.5. The van der Waals surface area contributed by atoms with Crippen LogP contribution in [0.1, 0.15) is 219 Å². The Morgan fingerprint density at radius 3 is 0.683 bits per heavy atom. The Morgan fingerprint density at radius 1 is 0.317 bits per heavy atom. The summed E-state index contributed by atoms with van der Waals surface area (Å²) in [6, 6.07) is 0. The minimum absolute atomic E-state index is 0. The first-order chi connectivity index (χ1) is 19.8. The van der Waals surface area contributed by atoms with Gasteiger partial charge in [-0.15, -0.1) is 0 Å². The molecule has 0 aliphatic rings. The van der Waals surface area contributed by atoms with Gasteiger partial charge in [-0.1, -0.05) is 206 Å². The Bertz CT molecular complexity index is 431. The van der Waals surface area contributed by atoms with Crippen molar-refractivity contribution in [3.63, 3.8) is 0 Å². The molecule has 0 saturated carbocycles. The standard InChI is InChI=1S/C37H74O3.H3N/c1-3-5-7-9-11-13-15-17-19-21-23-25-27-29-31-33-35-39-37(38)40-36-34-32-30-28-26-24-22-20-18-16-14-12-10-8-6-4-2;/h3-36H2,1-2H3;1H3. The monoisotopic (exact) mass is 584 g/mol. The summed E-state index contributed by atoms with van der Waals surface area (Å²) in [7, 11) is 0. The molecule has 0 heterocycles. The van der Waals surface area contributed by atoms with Crippen LogP contribution in [-0.2, 0) is 9.47 Å². The van der Waals surface area contributed by atoms with E-state index in [0.29, 0.717) is 13.2 Å². The van der Waals surface area contributed by atoms with Gasteiger partial charge in [0, 0.05) is 0 Å². The van der Waals surface area contributed by atoms with Crippen molar-refractivity contribution in [2.45, 2.75) is 219 Å². The number of ether oxygens (including phenoxy) is 2. The van der Waals surface area contributed by atoms with Crippen molar-refractivity contribution in [3.8, 4) is 0 Å².